The Labute approximate surface area is 118 Å². The molecule has 1 N–H and O–H groups in total. The molecule has 1 atom stereocenters. The van der Waals surface area contributed by atoms with Gasteiger partial charge in [0.15, 0.2) is 0 Å². The van der Waals surface area contributed by atoms with Gasteiger partial charge < -0.3 is 10.2 Å². The van der Waals surface area contributed by atoms with Crippen molar-refractivity contribution in [2.75, 3.05) is 13.6 Å². The van der Waals surface area contributed by atoms with Crippen LogP contribution in [0.1, 0.15) is 25.8 Å². The highest BCUT2D eigenvalue weighted by molar-refractivity contribution is 9.10. The Hall–Kier alpha value is -0.870. The molecule has 0 aromatic heterocycles. The van der Waals surface area contributed by atoms with Crippen molar-refractivity contribution in [2.24, 2.45) is 0 Å². The van der Waals surface area contributed by atoms with Crippen molar-refractivity contribution < 1.29 is 4.79 Å². The average Bonchev–Trinajstić information content (AvgIpc) is 2.32. The maximum Gasteiger partial charge on any atom is 0.224 e. The van der Waals surface area contributed by atoms with Crippen LogP contribution in [0.15, 0.2) is 28.7 Å². The van der Waals surface area contributed by atoms with Gasteiger partial charge in [-0.2, -0.15) is 0 Å². The lowest BCUT2D eigenvalue weighted by Crippen LogP contribution is -2.34. The second-order valence-corrected chi connectivity index (χ2v) is 5.45. The first-order valence-corrected chi connectivity index (χ1v) is 7.04. The van der Waals surface area contributed by atoms with Crippen LogP contribution >= 0.6 is 15.9 Å². The van der Waals surface area contributed by atoms with E-state index in [1.165, 1.54) is 0 Å². The molecule has 0 aliphatic carbocycles. The summed E-state index contributed by atoms with van der Waals surface area (Å²) in [6, 6.07) is 8.28. The zero-order valence-corrected chi connectivity index (χ0v) is 12.8. The van der Waals surface area contributed by atoms with E-state index in [2.05, 4.69) is 21.2 Å². The molecule has 4 heteroatoms. The molecular weight excluding hydrogens is 292 g/mol. The van der Waals surface area contributed by atoms with Gasteiger partial charge in [-0.3, -0.25) is 4.79 Å². The van der Waals surface area contributed by atoms with Crippen LogP contribution in [0.5, 0.6) is 0 Å². The molecule has 3 nitrogen and oxygen atoms in total. The standard InChI is InChI=1S/C14H21BrN2O/c1-4-16-11(2)9-14(18)17(3)10-12-5-7-13(15)8-6-12/h5-8,11,16H,4,9-10H2,1-3H3. The summed E-state index contributed by atoms with van der Waals surface area (Å²) in [6.07, 6.45) is 0.543. The number of hydrogen-bond acceptors (Lipinski definition) is 2. The summed E-state index contributed by atoms with van der Waals surface area (Å²) in [5, 5.41) is 3.25. The van der Waals surface area contributed by atoms with Crippen LogP contribution in [-0.4, -0.2) is 30.4 Å². The molecule has 0 saturated heterocycles. The molecule has 0 aliphatic heterocycles. The van der Waals surface area contributed by atoms with E-state index >= 15 is 0 Å². The molecule has 0 bridgehead atoms. The fourth-order valence-corrected chi connectivity index (χ4v) is 2.05. The van der Waals surface area contributed by atoms with Gasteiger partial charge in [0.1, 0.15) is 0 Å². The second-order valence-electron chi connectivity index (χ2n) is 4.54. The van der Waals surface area contributed by atoms with Gasteiger partial charge in [0.05, 0.1) is 0 Å². The highest BCUT2D eigenvalue weighted by Gasteiger charge is 2.12. The normalized spacial score (nSPS) is 12.2. The van der Waals surface area contributed by atoms with Crippen LogP contribution in [0, 0.1) is 0 Å². The number of nitrogens with zero attached hydrogens (tertiary/aromatic N) is 1. The largest absolute Gasteiger partial charge is 0.341 e. The highest BCUT2D eigenvalue weighted by Crippen LogP contribution is 2.12. The van der Waals surface area contributed by atoms with Crippen molar-refractivity contribution in [3.63, 3.8) is 0 Å². The van der Waals surface area contributed by atoms with Gasteiger partial charge in [-0.1, -0.05) is 35.0 Å². The fraction of sp³-hybridized carbons (Fsp3) is 0.500. The Kier molecular flexibility index (Phi) is 6.36. The van der Waals surface area contributed by atoms with Crippen molar-refractivity contribution in [1.82, 2.24) is 10.2 Å². The van der Waals surface area contributed by atoms with E-state index in [0.29, 0.717) is 13.0 Å². The summed E-state index contributed by atoms with van der Waals surface area (Å²) < 4.78 is 1.06. The maximum atomic E-state index is 12.0. The van der Waals surface area contributed by atoms with Gasteiger partial charge in [-0.25, -0.2) is 0 Å². The quantitative estimate of drug-likeness (QED) is 0.876. The SMILES string of the molecule is CCNC(C)CC(=O)N(C)Cc1ccc(Br)cc1. The van der Waals surface area contributed by atoms with E-state index in [1.807, 2.05) is 45.2 Å². The Balaban J connectivity index is 2.46. The molecule has 0 radical (unpaired) electrons. The van der Waals surface area contributed by atoms with Gasteiger partial charge in [-0.05, 0) is 31.2 Å². The number of nitrogens with one attached hydrogen (secondary N) is 1. The van der Waals surface area contributed by atoms with Crippen LogP contribution in [-0.2, 0) is 11.3 Å². The van der Waals surface area contributed by atoms with Gasteiger partial charge in [0, 0.05) is 30.5 Å². The van der Waals surface area contributed by atoms with Crippen molar-refractivity contribution >= 4 is 21.8 Å². The van der Waals surface area contributed by atoms with Gasteiger partial charge in [0.25, 0.3) is 0 Å². The topological polar surface area (TPSA) is 32.3 Å². The zero-order chi connectivity index (χ0) is 13.5. The Morgan fingerprint density at radius 2 is 2.00 bits per heavy atom. The van der Waals surface area contributed by atoms with Gasteiger partial charge in [-0.15, -0.1) is 0 Å². The number of hydrogen-bond donors (Lipinski definition) is 1. The molecule has 1 rings (SSSR count). The molecule has 1 amide bonds. The summed E-state index contributed by atoms with van der Waals surface area (Å²) in [5.41, 5.74) is 1.14. The third kappa shape index (κ3) is 5.19. The number of carbonyl (C=O) groups excluding carboxylic acids is 1. The van der Waals surface area contributed by atoms with Gasteiger partial charge in [0.2, 0.25) is 5.91 Å². The van der Waals surface area contributed by atoms with E-state index < -0.39 is 0 Å². The third-order valence-corrected chi connectivity index (χ3v) is 3.32. The summed E-state index contributed by atoms with van der Waals surface area (Å²) >= 11 is 3.40. The van der Waals surface area contributed by atoms with E-state index in [-0.39, 0.29) is 11.9 Å². The average molecular weight is 313 g/mol. The van der Waals surface area contributed by atoms with Crippen LogP contribution in [0.3, 0.4) is 0 Å². The summed E-state index contributed by atoms with van der Waals surface area (Å²) in [4.78, 5) is 13.8. The zero-order valence-electron chi connectivity index (χ0n) is 11.2. The monoisotopic (exact) mass is 312 g/mol. The minimum atomic E-state index is 0.173. The van der Waals surface area contributed by atoms with E-state index in [4.69, 9.17) is 0 Å². The number of carbonyl (C=O) groups is 1. The maximum absolute atomic E-state index is 12.0. The van der Waals surface area contributed by atoms with Crippen LogP contribution < -0.4 is 5.32 Å². The Morgan fingerprint density at radius 3 is 2.56 bits per heavy atom. The van der Waals surface area contributed by atoms with Gasteiger partial charge >= 0.3 is 0 Å². The van der Waals surface area contributed by atoms with Crippen molar-refractivity contribution in [3.05, 3.63) is 34.3 Å². The minimum absolute atomic E-state index is 0.173. The molecule has 0 aliphatic rings. The third-order valence-electron chi connectivity index (χ3n) is 2.79. The molecule has 1 unspecified atom stereocenters. The molecule has 1 aromatic carbocycles. The summed E-state index contributed by atoms with van der Waals surface area (Å²) in [7, 11) is 1.85. The molecule has 100 valence electrons. The van der Waals surface area contributed by atoms with Crippen LogP contribution in [0.25, 0.3) is 0 Å². The van der Waals surface area contributed by atoms with E-state index in [9.17, 15) is 4.79 Å². The number of rotatable bonds is 6. The van der Waals surface area contributed by atoms with Crippen molar-refractivity contribution in [1.29, 1.82) is 0 Å². The second kappa shape index (κ2) is 7.54. The predicted octanol–water partition coefficient (Wildman–Crippen LogP) is 2.80. The molecular formula is C14H21BrN2O. The predicted molar refractivity (Wildman–Crippen MR) is 78.4 cm³/mol. The molecule has 0 heterocycles. The highest BCUT2D eigenvalue weighted by atomic mass is 79.9. The van der Waals surface area contributed by atoms with E-state index in [1.54, 1.807) is 4.90 Å². The lowest BCUT2D eigenvalue weighted by atomic mass is 10.2. The number of benzene rings is 1. The fourth-order valence-electron chi connectivity index (χ4n) is 1.79. The first kappa shape index (κ1) is 15.2. The first-order valence-electron chi connectivity index (χ1n) is 6.24. The summed E-state index contributed by atoms with van der Waals surface area (Å²) in [5.74, 6) is 0.173. The molecule has 0 fully saturated rings. The lowest BCUT2D eigenvalue weighted by molar-refractivity contribution is -0.130. The Morgan fingerprint density at radius 1 is 1.39 bits per heavy atom. The molecule has 0 saturated carbocycles. The molecule has 18 heavy (non-hydrogen) atoms. The van der Waals surface area contributed by atoms with Crippen molar-refractivity contribution in [3.8, 4) is 0 Å². The smallest absolute Gasteiger partial charge is 0.224 e. The first-order chi connectivity index (χ1) is 8.52. The molecule has 1 aromatic rings. The van der Waals surface area contributed by atoms with Crippen LogP contribution in [0.2, 0.25) is 0 Å². The number of amides is 1. The van der Waals surface area contributed by atoms with E-state index in [0.717, 1.165) is 16.6 Å². The molecule has 0 spiro atoms. The lowest BCUT2D eigenvalue weighted by Gasteiger charge is -2.20. The van der Waals surface area contributed by atoms with Crippen molar-refractivity contribution in [2.45, 2.75) is 32.9 Å². The summed E-state index contributed by atoms with van der Waals surface area (Å²) in [6.45, 7) is 5.64. The van der Waals surface area contributed by atoms with Crippen LogP contribution in [0.4, 0.5) is 0 Å². The Bertz CT molecular complexity index is 378. The number of halogens is 1. The minimum Gasteiger partial charge on any atom is -0.341 e.